The predicted molar refractivity (Wildman–Crippen MR) is 77.7 cm³/mol. The molecule has 2 N–H and O–H groups in total. The zero-order valence-corrected chi connectivity index (χ0v) is 11.9. The molecule has 0 bridgehead atoms. The van der Waals surface area contributed by atoms with Crippen molar-refractivity contribution in [2.45, 2.75) is 19.3 Å². The van der Waals surface area contributed by atoms with Gasteiger partial charge in [0, 0.05) is 45.5 Å². The molecule has 1 aromatic heterocycles. The molecule has 18 heavy (non-hydrogen) atoms. The summed E-state index contributed by atoms with van der Waals surface area (Å²) in [6.07, 6.45) is 3.54. The van der Waals surface area contributed by atoms with Crippen LogP contribution < -0.4 is 15.5 Å². The van der Waals surface area contributed by atoms with E-state index in [1.807, 2.05) is 7.05 Å². The van der Waals surface area contributed by atoms with Gasteiger partial charge in [-0.3, -0.25) is 4.99 Å². The highest BCUT2D eigenvalue weighted by atomic mass is 32.1. The highest BCUT2D eigenvalue weighted by Crippen LogP contribution is 2.24. The smallest absolute Gasteiger partial charge is 0.190 e. The average Bonchev–Trinajstić information content (AvgIpc) is 3.05. The Balaban J connectivity index is 1.79. The molecule has 2 rings (SSSR count). The van der Waals surface area contributed by atoms with Crippen molar-refractivity contribution in [3.63, 3.8) is 0 Å². The van der Waals surface area contributed by atoms with Gasteiger partial charge in [0.25, 0.3) is 0 Å². The van der Waals surface area contributed by atoms with Gasteiger partial charge in [0.05, 0.1) is 5.69 Å². The molecule has 1 fully saturated rings. The Morgan fingerprint density at radius 2 is 2.28 bits per heavy atom. The number of aromatic nitrogens is 1. The first-order valence-electron chi connectivity index (χ1n) is 6.41. The van der Waals surface area contributed by atoms with E-state index < -0.39 is 0 Å². The van der Waals surface area contributed by atoms with Gasteiger partial charge in [-0.25, -0.2) is 4.98 Å². The van der Waals surface area contributed by atoms with Crippen molar-refractivity contribution < 1.29 is 0 Å². The highest BCUT2D eigenvalue weighted by Gasteiger charge is 2.15. The average molecular weight is 267 g/mol. The van der Waals surface area contributed by atoms with Crippen molar-refractivity contribution in [1.82, 2.24) is 15.6 Å². The molecule has 1 aliphatic rings. The summed E-state index contributed by atoms with van der Waals surface area (Å²) in [5.41, 5.74) is 1.17. The summed E-state index contributed by atoms with van der Waals surface area (Å²) in [6.45, 7) is 3.19. The number of thiazole rings is 1. The van der Waals surface area contributed by atoms with Gasteiger partial charge < -0.3 is 15.5 Å². The molecule has 0 unspecified atom stereocenters. The molecule has 2 heterocycles. The molecule has 6 heteroatoms. The molecule has 1 aromatic rings. The van der Waals surface area contributed by atoms with Gasteiger partial charge in [-0.2, -0.15) is 0 Å². The molecule has 0 spiro atoms. The van der Waals surface area contributed by atoms with E-state index in [2.05, 4.69) is 30.9 Å². The Labute approximate surface area is 112 Å². The minimum absolute atomic E-state index is 0.824. The van der Waals surface area contributed by atoms with Gasteiger partial charge in [-0.05, 0) is 12.8 Å². The van der Waals surface area contributed by atoms with Crippen LogP contribution in [0.4, 0.5) is 5.13 Å². The number of guanidine groups is 1. The lowest BCUT2D eigenvalue weighted by Crippen LogP contribution is -2.35. The van der Waals surface area contributed by atoms with Crippen molar-refractivity contribution in [3.8, 4) is 0 Å². The van der Waals surface area contributed by atoms with Crippen LogP contribution in [0, 0.1) is 0 Å². The van der Waals surface area contributed by atoms with Crippen molar-refractivity contribution in [2.24, 2.45) is 4.99 Å². The van der Waals surface area contributed by atoms with Crippen LogP contribution >= 0.6 is 11.3 Å². The quantitative estimate of drug-likeness (QED) is 0.633. The molecule has 0 amide bonds. The normalized spacial score (nSPS) is 16.1. The third-order valence-electron chi connectivity index (χ3n) is 3.05. The maximum atomic E-state index is 4.68. The maximum absolute atomic E-state index is 4.68. The number of aliphatic imine (C=N–C) groups is 1. The lowest BCUT2D eigenvalue weighted by Gasteiger charge is -2.12. The van der Waals surface area contributed by atoms with Gasteiger partial charge in [0.1, 0.15) is 0 Å². The first-order valence-corrected chi connectivity index (χ1v) is 7.29. The fraction of sp³-hybridized carbons (Fsp3) is 0.667. The van der Waals surface area contributed by atoms with Crippen LogP contribution in [-0.2, 0) is 6.42 Å². The van der Waals surface area contributed by atoms with Crippen LogP contribution in [0.2, 0.25) is 0 Å². The molecule has 1 aliphatic heterocycles. The summed E-state index contributed by atoms with van der Waals surface area (Å²) in [6, 6.07) is 0. The molecular formula is C12H21N5S. The van der Waals surface area contributed by atoms with Gasteiger partial charge in [0.15, 0.2) is 11.1 Å². The van der Waals surface area contributed by atoms with E-state index in [1.165, 1.54) is 23.7 Å². The topological polar surface area (TPSA) is 52.6 Å². The number of nitrogens with zero attached hydrogens (tertiary/aromatic N) is 3. The Kier molecular flexibility index (Phi) is 4.81. The summed E-state index contributed by atoms with van der Waals surface area (Å²) in [5.74, 6) is 0.824. The molecular weight excluding hydrogens is 246 g/mol. The molecule has 0 aromatic carbocycles. The number of rotatable bonds is 4. The van der Waals surface area contributed by atoms with Crippen LogP contribution in [0.1, 0.15) is 18.5 Å². The van der Waals surface area contributed by atoms with E-state index in [0.717, 1.165) is 32.0 Å². The lowest BCUT2D eigenvalue weighted by atomic mass is 10.3. The minimum atomic E-state index is 0.824. The van der Waals surface area contributed by atoms with E-state index in [1.54, 1.807) is 18.4 Å². The number of nitrogens with one attached hydrogen (secondary N) is 2. The monoisotopic (exact) mass is 267 g/mol. The molecule has 5 nitrogen and oxygen atoms in total. The summed E-state index contributed by atoms with van der Waals surface area (Å²) in [4.78, 5) is 11.1. The Morgan fingerprint density at radius 3 is 2.94 bits per heavy atom. The molecule has 100 valence electrons. The zero-order valence-electron chi connectivity index (χ0n) is 11.1. The lowest BCUT2D eigenvalue weighted by molar-refractivity contribution is 0.817. The first-order chi connectivity index (χ1) is 8.83. The minimum Gasteiger partial charge on any atom is -0.359 e. The Bertz CT molecular complexity index is 395. The Hall–Kier alpha value is -1.30. The maximum Gasteiger partial charge on any atom is 0.190 e. The second-order valence-corrected chi connectivity index (χ2v) is 5.15. The van der Waals surface area contributed by atoms with E-state index >= 15 is 0 Å². The second-order valence-electron chi connectivity index (χ2n) is 4.31. The summed E-state index contributed by atoms with van der Waals surface area (Å²) >= 11 is 1.76. The standard InChI is InChI=1S/C12H21N5S/c1-13-11(14-2)15-6-5-10-9-18-12(16-10)17-7-3-4-8-17/h9H,3-8H2,1-2H3,(H2,13,14,15). The highest BCUT2D eigenvalue weighted by molar-refractivity contribution is 7.13. The van der Waals surface area contributed by atoms with Gasteiger partial charge in [0.2, 0.25) is 0 Å². The van der Waals surface area contributed by atoms with Crippen LogP contribution in [-0.4, -0.2) is 44.7 Å². The van der Waals surface area contributed by atoms with Gasteiger partial charge in [-0.1, -0.05) is 0 Å². The van der Waals surface area contributed by atoms with Crippen molar-refractivity contribution in [1.29, 1.82) is 0 Å². The van der Waals surface area contributed by atoms with Crippen molar-refractivity contribution in [2.75, 3.05) is 38.6 Å². The van der Waals surface area contributed by atoms with Crippen LogP contribution in [0.5, 0.6) is 0 Å². The molecule has 0 atom stereocenters. The van der Waals surface area contributed by atoms with E-state index in [9.17, 15) is 0 Å². The summed E-state index contributed by atoms with van der Waals surface area (Å²) in [7, 11) is 3.64. The van der Waals surface area contributed by atoms with E-state index in [0.29, 0.717) is 0 Å². The SMILES string of the molecule is CN=C(NC)NCCc1csc(N2CCCC2)n1. The Morgan fingerprint density at radius 1 is 1.50 bits per heavy atom. The van der Waals surface area contributed by atoms with E-state index in [-0.39, 0.29) is 0 Å². The zero-order chi connectivity index (χ0) is 12.8. The number of hydrogen-bond donors (Lipinski definition) is 2. The molecule has 0 saturated carbocycles. The fourth-order valence-corrected chi connectivity index (χ4v) is 2.97. The molecule has 0 radical (unpaired) electrons. The predicted octanol–water partition coefficient (Wildman–Crippen LogP) is 1.08. The number of anilines is 1. The van der Waals surface area contributed by atoms with Crippen LogP contribution in [0.25, 0.3) is 0 Å². The first kappa shape index (κ1) is 13.1. The summed E-state index contributed by atoms with van der Waals surface area (Å²) < 4.78 is 0. The van der Waals surface area contributed by atoms with E-state index in [4.69, 9.17) is 0 Å². The van der Waals surface area contributed by atoms with Crippen LogP contribution in [0.15, 0.2) is 10.4 Å². The third-order valence-corrected chi connectivity index (χ3v) is 4.00. The van der Waals surface area contributed by atoms with Crippen LogP contribution in [0.3, 0.4) is 0 Å². The van der Waals surface area contributed by atoms with Gasteiger partial charge >= 0.3 is 0 Å². The van der Waals surface area contributed by atoms with Gasteiger partial charge in [-0.15, -0.1) is 11.3 Å². The fourth-order valence-electron chi connectivity index (χ4n) is 2.05. The van der Waals surface area contributed by atoms with Crippen molar-refractivity contribution >= 4 is 22.4 Å². The third kappa shape index (κ3) is 3.35. The van der Waals surface area contributed by atoms with Crippen molar-refractivity contribution in [3.05, 3.63) is 11.1 Å². The number of hydrogen-bond acceptors (Lipinski definition) is 4. The molecule has 0 aliphatic carbocycles. The summed E-state index contributed by atoms with van der Waals surface area (Å²) in [5, 5.41) is 9.58. The largest absolute Gasteiger partial charge is 0.359 e. The molecule has 1 saturated heterocycles. The second kappa shape index (κ2) is 6.58.